The maximum absolute atomic E-state index is 3.94. The third-order valence-corrected chi connectivity index (χ3v) is 5.84. The van der Waals surface area contributed by atoms with E-state index in [4.69, 9.17) is 0 Å². The van der Waals surface area contributed by atoms with Crippen LogP contribution in [0.25, 0.3) is 0 Å². The zero-order valence-corrected chi connectivity index (χ0v) is 14.7. The van der Waals surface area contributed by atoms with Gasteiger partial charge in [-0.3, -0.25) is 0 Å². The van der Waals surface area contributed by atoms with Gasteiger partial charge in [-0.2, -0.15) is 0 Å². The van der Waals surface area contributed by atoms with Gasteiger partial charge in [0.05, 0.1) is 0 Å². The zero-order chi connectivity index (χ0) is 15.6. The van der Waals surface area contributed by atoms with Gasteiger partial charge in [0, 0.05) is 0 Å². The predicted molar refractivity (Wildman–Crippen MR) is 98.9 cm³/mol. The second kappa shape index (κ2) is 10.1. The topological polar surface area (TPSA) is 0 Å². The molecule has 0 amide bonds. The third kappa shape index (κ3) is 6.15. The monoisotopic (exact) mass is 300 g/mol. The van der Waals surface area contributed by atoms with Crippen LogP contribution in [0.15, 0.2) is 37.0 Å². The minimum atomic E-state index is 0.793. The van der Waals surface area contributed by atoms with Crippen molar-refractivity contribution in [3.63, 3.8) is 0 Å². The van der Waals surface area contributed by atoms with Crippen LogP contribution in [0.1, 0.15) is 77.6 Å². The smallest absolute Gasteiger partial charge is 0.0233 e. The Bertz CT molecular complexity index is 346. The van der Waals surface area contributed by atoms with E-state index in [1.165, 1.54) is 70.6 Å². The Morgan fingerprint density at radius 3 is 1.91 bits per heavy atom. The molecule has 0 N–H and O–H groups in total. The molecule has 2 rings (SSSR count). The fourth-order valence-electron chi connectivity index (χ4n) is 4.19. The molecule has 0 heteroatoms. The molecule has 2 saturated carbocycles. The summed E-state index contributed by atoms with van der Waals surface area (Å²) < 4.78 is 0. The van der Waals surface area contributed by atoms with Crippen LogP contribution in [0.2, 0.25) is 0 Å². The average Bonchev–Trinajstić information content (AvgIpc) is 2.58. The van der Waals surface area contributed by atoms with Gasteiger partial charge < -0.3 is 0 Å². The molecule has 0 aromatic carbocycles. The number of hydrogen-bond donors (Lipinski definition) is 0. The second-order valence-electron chi connectivity index (χ2n) is 7.53. The Hall–Kier alpha value is -0.780. The van der Waals surface area contributed by atoms with Crippen LogP contribution < -0.4 is 0 Å². The highest BCUT2D eigenvalue weighted by Gasteiger charge is 2.19. The fraction of sp³-hybridized carbons (Fsp3) is 0.727. The van der Waals surface area contributed by atoms with Crippen LogP contribution in [-0.4, -0.2) is 0 Å². The largest absolute Gasteiger partial charge is 0.103 e. The summed E-state index contributed by atoms with van der Waals surface area (Å²) in [4.78, 5) is 0. The zero-order valence-electron chi connectivity index (χ0n) is 14.7. The lowest BCUT2D eigenvalue weighted by atomic mass is 9.79. The standard InChI is InChI=1S/C22H36/c1-3-5-8-20-15-17-22(18-16-20)10-7-6-9-21-13-11-19(4-2)12-14-21/h4-6,8-9,19-22H,2-3,7,10-18H2,1H3. The summed E-state index contributed by atoms with van der Waals surface area (Å²) in [6.45, 7) is 6.17. The van der Waals surface area contributed by atoms with Gasteiger partial charge in [-0.1, -0.05) is 37.3 Å². The van der Waals surface area contributed by atoms with Crippen molar-refractivity contribution < 1.29 is 0 Å². The Kier molecular flexibility index (Phi) is 8.05. The first-order valence-electron chi connectivity index (χ1n) is 9.77. The molecule has 22 heavy (non-hydrogen) atoms. The third-order valence-electron chi connectivity index (χ3n) is 5.84. The first kappa shape index (κ1) is 17.6. The minimum Gasteiger partial charge on any atom is -0.103 e. The van der Waals surface area contributed by atoms with E-state index in [1.807, 2.05) is 0 Å². The molecule has 0 unspecified atom stereocenters. The van der Waals surface area contributed by atoms with Crippen LogP contribution in [0, 0.1) is 23.7 Å². The van der Waals surface area contributed by atoms with Gasteiger partial charge in [-0.05, 0) is 94.3 Å². The number of allylic oxidation sites excluding steroid dienone is 5. The van der Waals surface area contributed by atoms with E-state index in [2.05, 4.69) is 43.9 Å². The van der Waals surface area contributed by atoms with Crippen LogP contribution in [0.3, 0.4) is 0 Å². The van der Waals surface area contributed by atoms with Crippen LogP contribution >= 0.6 is 0 Å². The lowest BCUT2D eigenvalue weighted by molar-refractivity contribution is 0.297. The van der Waals surface area contributed by atoms with Crippen LogP contribution in [0.5, 0.6) is 0 Å². The maximum atomic E-state index is 3.94. The lowest BCUT2D eigenvalue weighted by Crippen LogP contribution is -2.13. The summed E-state index contributed by atoms with van der Waals surface area (Å²) in [6, 6.07) is 0. The molecule has 2 fully saturated rings. The summed E-state index contributed by atoms with van der Waals surface area (Å²) >= 11 is 0. The van der Waals surface area contributed by atoms with Crippen molar-refractivity contribution in [1.82, 2.24) is 0 Å². The van der Waals surface area contributed by atoms with Crippen molar-refractivity contribution in [1.29, 1.82) is 0 Å². The van der Waals surface area contributed by atoms with Gasteiger partial charge in [0.1, 0.15) is 0 Å². The summed E-state index contributed by atoms with van der Waals surface area (Å²) in [5, 5.41) is 0. The van der Waals surface area contributed by atoms with Gasteiger partial charge in [0.2, 0.25) is 0 Å². The molecule has 0 spiro atoms. The van der Waals surface area contributed by atoms with E-state index in [0.717, 1.165) is 23.7 Å². The highest BCUT2D eigenvalue weighted by molar-refractivity contribution is 4.95. The van der Waals surface area contributed by atoms with E-state index in [0.29, 0.717) is 0 Å². The molecule has 0 aromatic heterocycles. The Labute approximate surface area is 138 Å². The molecular formula is C22H36. The quantitative estimate of drug-likeness (QED) is 0.440. The van der Waals surface area contributed by atoms with Crippen molar-refractivity contribution in [2.45, 2.75) is 77.6 Å². The van der Waals surface area contributed by atoms with Gasteiger partial charge in [-0.15, -0.1) is 6.58 Å². The predicted octanol–water partition coefficient (Wildman–Crippen LogP) is 7.09. The van der Waals surface area contributed by atoms with Gasteiger partial charge in [-0.25, -0.2) is 0 Å². The molecule has 0 aromatic rings. The van der Waals surface area contributed by atoms with Gasteiger partial charge in [0.25, 0.3) is 0 Å². The van der Waals surface area contributed by atoms with E-state index in [-0.39, 0.29) is 0 Å². The van der Waals surface area contributed by atoms with Crippen LogP contribution in [-0.2, 0) is 0 Å². The molecule has 0 aliphatic heterocycles. The molecule has 0 radical (unpaired) electrons. The Morgan fingerprint density at radius 1 is 0.773 bits per heavy atom. The summed E-state index contributed by atoms with van der Waals surface area (Å²) in [5.74, 6) is 3.52. The minimum absolute atomic E-state index is 0.793. The normalized spacial score (nSPS) is 33.5. The second-order valence-corrected chi connectivity index (χ2v) is 7.53. The van der Waals surface area contributed by atoms with E-state index in [9.17, 15) is 0 Å². The molecule has 0 nitrogen and oxygen atoms in total. The first-order valence-corrected chi connectivity index (χ1v) is 9.77. The van der Waals surface area contributed by atoms with Crippen molar-refractivity contribution in [3.05, 3.63) is 37.0 Å². The van der Waals surface area contributed by atoms with Crippen molar-refractivity contribution in [3.8, 4) is 0 Å². The molecule has 0 heterocycles. The average molecular weight is 301 g/mol. The molecule has 0 saturated heterocycles. The van der Waals surface area contributed by atoms with Crippen molar-refractivity contribution in [2.75, 3.05) is 0 Å². The number of rotatable bonds is 7. The lowest BCUT2D eigenvalue weighted by Gasteiger charge is -2.26. The molecule has 124 valence electrons. The highest BCUT2D eigenvalue weighted by Crippen LogP contribution is 2.33. The SMILES string of the molecule is C=CC1CCC(C=CCCC2CCC(C=CCC)CC2)CC1. The van der Waals surface area contributed by atoms with E-state index >= 15 is 0 Å². The molecule has 0 bridgehead atoms. The van der Waals surface area contributed by atoms with E-state index in [1.54, 1.807) is 0 Å². The molecule has 0 atom stereocenters. The Morgan fingerprint density at radius 2 is 1.32 bits per heavy atom. The molecule has 2 aliphatic rings. The van der Waals surface area contributed by atoms with Gasteiger partial charge in [0.15, 0.2) is 0 Å². The van der Waals surface area contributed by atoms with Gasteiger partial charge >= 0.3 is 0 Å². The maximum Gasteiger partial charge on any atom is -0.0233 e. The summed E-state index contributed by atoms with van der Waals surface area (Å²) in [7, 11) is 0. The van der Waals surface area contributed by atoms with Crippen molar-refractivity contribution in [2.24, 2.45) is 23.7 Å². The number of hydrogen-bond acceptors (Lipinski definition) is 0. The van der Waals surface area contributed by atoms with E-state index < -0.39 is 0 Å². The van der Waals surface area contributed by atoms with Crippen molar-refractivity contribution >= 4 is 0 Å². The molecule has 2 aliphatic carbocycles. The Balaban J connectivity index is 1.56. The summed E-state index contributed by atoms with van der Waals surface area (Å²) in [6.07, 6.45) is 27.1. The summed E-state index contributed by atoms with van der Waals surface area (Å²) in [5.41, 5.74) is 0. The van der Waals surface area contributed by atoms with Crippen LogP contribution in [0.4, 0.5) is 0 Å². The fourth-order valence-corrected chi connectivity index (χ4v) is 4.19. The first-order chi connectivity index (χ1) is 10.8. The molecular weight excluding hydrogens is 264 g/mol. The highest BCUT2D eigenvalue weighted by atomic mass is 14.2.